The molecule has 0 saturated carbocycles. The number of nitrogens with one attached hydrogen (secondary N) is 1. The Morgan fingerprint density at radius 2 is 1.96 bits per heavy atom. The number of rotatable bonds is 6. The van der Waals surface area contributed by atoms with E-state index in [2.05, 4.69) is 20.4 Å². The molecule has 1 fully saturated rings. The number of carbonyl (C=O) groups excluding carboxylic acids is 1. The Labute approximate surface area is 141 Å². The summed E-state index contributed by atoms with van der Waals surface area (Å²) in [4.78, 5) is 16.2. The van der Waals surface area contributed by atoms with Gasteiger partial charge in [0.2, 0.25) is 0 Å². The SMILES string of the molecule is Cc1nn(-c2ccccc2)nc1C(=O)NCCCN1CCOCC1. The molecule has 2 aromatic rings. The molecule has 0 aliphatic carbocycles. The van der Waals surface area contributed by atoms with E-state index in [1.165, 1.54) is 4.80 Å². The summed E-state index contributed by atoms with van der Waals surface area (Å²) < 4.78 is 5.33. The van der Waals surface area contributed by atoms with Gasteiger partial charge in [0.15, 0.2) is 5.69 Å². The molecule has 0 spiro atoms. The Morgan fingerprint density at radius 3 is 2.71 bits per heavy atom. The minimum atomic E-state index is -0.170. The first kappa shape index (κ1) is 16.6. The number of hydrogen-bond acceptors (Lipinski definition) is 5. The van der Waals surface area contributed by atoms with Crippen molar-refractivity contribution < 1.29 is 9.53 Å². The molecule has 1 aliphatic rings. The molecule has 1 aromatic carbocycles. The highest BCUT2D eigenvalue weighted by atomic mass is 16.5. The second kappa shape index (κ2) is 8.03. The molecule has 0 radical (unpaired) electrons. The molecule has 3 rings (SSSR count). The molecule has 128 valence electrons. The van der Waals surface area contributed by atoms with Crippen LogP contribution in [0.15, 0.2) is 30.3 Å². The van der Waals surface area contributed by atoms with Crippen LogP contribution in [0.3, 0.4) is 0 Å². The zero-order valence-corrected chi connectivity index (χ0v) is 13.9. The summed E-state index contributed by atoms with van der Waals surface area (Å²) in [6, 6.07) is 9.58. The number of aromatic nitrogens is 3. The molecular formula is C17H23N5O2. The third-order valence-electron chi connectivity index (χ3n) is 4.02. The summed E-state index contributed by atoms with van der Waals surface area (Å²) in [6.07, 6.45) is 0.914. The fourth-order valence-electron chi connectivity index (χ4n) is 2.68. The smallest absolute Gasteiger partial charge is 0.273 e. The van der Waals surface area contributed by atoms with Crippen molar-refractivity contribution in [2.75, 3.05) is 39.4 Å². The quantitative estimate of drug-likeness (QED) is 0.802. The van der Waals surface area contributed by atoms with Gasteiger partial charge in [-0.3, -0.25) is 9.69 Å². The van der Waals surface area contributed by atoms with E-state index in [9.17, 15) is 4.79 Å². The van der Waals surface area contributed by atoms with Crippen LogP contribution in [0, 0.1) is 6.92 Å². The largest absolute Gasteiger partial charge is 0.379 e. The van der Waals surface area contributed by atoms with Gasteiger partial charge in [0.1, 0.15) is 0 Å². The summed E-state index contributed by atoms with van der Waals surface area (Å²) >= 11 is 0. The van der Waals surface area contributed by atoms with Gasteiger partial charge in [-0.25, -0.2) is 0 Å². The Morgan fingerprint density at radius 1 is 1.21 bits per heavy atom. The summed E-state index contributed by atoms with van der Waals surface area (Å²) in [7, 11) is 0. The van der Waals surface area contributed by atoms with Gasteiger partial charge >= 0.3 is 0 Å². The molecule has 0 bridgehead atoms. The van der Waals surface area contributed by atoms with E-state index in [0.717, 1.165) is 45.0 Å². The number of para-hydroxylation sites is 1. The average molecular weight is 329 g/mol. The van der Waals surface area contributed by atoms with Crippen molar-refractivity contribution in [1.82, 2.24) is 25.2 Å². The molecule has 2 heterocycles. The first-order valence-electron chi connectivity index (χ1n) is 8.32. The third kappa shape index (κ3) is 4.18. The first-order chi connectivity index (χ1) is 11.7. The lowest BCUT2D eigenvalue weighted by atomic mass is 10.3. The second-order valence-corrected chi connectivity index (χ2v) is 5.82. The highest BCUT2D eigenvalue weighted by molar-refractivity contribution is 5.93. The third-order valence-corrected chi connectivity index (χ3v) is 4.02. The standard InChI is InChI=1S/C17H23N5O2/c1-14-16(20-22(19-14)15-6-3-2-4-7-15)17(23)18-8-5-9-21-10-12-24-13-11-21/h2-4,6-7H,5,8-13H2,1H3,(H,18,23). The highest BCUT2D eigenvalue weighted by Gasteiger charge is 2.16. The van der Waals surface area contributed by atoms with Crippen LogP contribution in [0.2, 0.25) is 0 Å². The van der Waals surface area contributed by atoms with Crippen molar-refractivity contribution in [3.8, 4) is 5.69 Å². The summed E-state index contributed by atoms with van der Waals surface area (Å²) in [6.45, 7) is 6.95. The monoisotopic (exact) mass is 329 g/mol. The molecule has 0 unspecified atom stereocenters. The maximum atomic E-state index is 12.3. The highest BCUT2D eigenvalue weighted by Crippen LogP contribution is 2.08. The summed E-state index contributed by atoms with van der Waals surface area (Å²) in [5, 5.41) is 11.6. The van der Waals surface area contributed by atoms with E-state index in [0.29, 0.717) is 17.9 Å². The van der Waals surface area contributed by atoms with Crippen molar-refractivity contribution in [3.63, 3.8) is 0 Å². The summed E-state index contributed by atoms with van der Waals surface area (Å²) in [5.41, 5.74) is 1.85. The molecule has 1 saturated heterocycles. The molecule has 1 aliphatic heterocycles. The van der Waals surface area contributed by atoms with Gasteiger partial charge in [-0.2, -0.15) is 9.90 Å². The van der Waals surface area contributed by atoms with Gasteiger partial charge in [0, 0.05) is 19.6 Å². The normalized spacial score (nSPS) is 15.4. The van der Waals surface area contributed by atoms with Crippen LogP contribution in [0.1, 0.15) is 22.6 Å². The van der Waals surface area contributed by atoms with E-state index in [4.69, 9.17) is 4.74 Å². The molecule has 1 amide bonds. The number of ether oxygens (including phenoxy) is 1. The first-order valence-corrected chi connectivity index (χ1v) is 8.32. The lowest BCUT2D eigenvalue weighted by molar-refractivity contribution is 0.0374. The van der Waals surface area contributed by atoms with Crippen LogP contribution in [0.4, 0.5) is 0 Å². The molecule has 1 N–H and O–H groups in total. The van der Waals surface area contributed by atoms with Gasteiger partial charge in [-0.1, -0.05) is 18.2 Å². The Hall–Kier alpha value is -2.25. The van der Waals surface area contributed by atoms with E-state index in [-0.39, 0.29) is 5.91 Å². The second-order valence-electron chi connectivity index (χ2n) is 5.82. The van der Waals surface area contributed by atoms with Crippen molar-refractivity contribution in [1.29, 1.82) is 0 Å². The van der Waals surface area contributed by atoms with Crippen LogP contribution in [0.5, 0.6) is 0 Å². The van der Waals surface area contributed by atoms with Crippen molar-refractivity contribution in [3.05, 3.63) is 41.7 Å². The maximum Gasteiger partial charge on any atom is 0.273 e. The molecular weight excluding hydrogens is 306 g/mol. The fraction of sp³-hybridized carbons (Fsp3) is 0.471. The van der Waals surface area contributed by atoms with E-state index < -0.39 is 0 Å². The topological polar surface area (TPSA) is 72.3 Å². The van der Waals surface area contributed by atoms with E-state index >= 15 is 0 Å². The minimum absolute atomic E-state index is 0.170. The van der Waals surface area contributed by atoms with Crippen LogP contribution < -0.4 is 5.32 Å². The number of hydrogen-bond donors (Lipinski definition) is 1. The van der Waals surface area contributed by atoms with Gasteiger partial charge in [0.25, 0.3) is 5.91 Å². The van der Waals surface area contributed by atoms with Crippen molar-refractivity contribution in [2.24, 2.45) is 0 Å². The Kier molecular flexibility index (Phi) is 5.55. The van der Waals surface area contributed by atoms with E-state index in [1.807, 2.05) is 30.3 Å². The van der Waals surface area contributed by atoms with E-state index in [1.54, 1.807) is 6.92 Å². The average Bonchev–Trinajstić information content (AvgIpc) is 3.02. The van der Waals surface area contributed by atoms with Crippen LogP contribution >= 0.6 is 0 Å². The van der Waals surface area contributed by atoms with Gasteiger partial charge in [-0.05, 0) is 32.0 Å². The Balaban J connectivity index is 1.51. The minimum Gasteiger partial charge on any atom is -0.379 e. The number of morpholine rings is 1. The lowest BCUT2D eigenvalue weighted by Crippen LogP contribution is -2.38. The number of aryl methyl sites for hydroxylation is 1. The number of nitrogens with zero attached hydrogens (tertiary/aromatic N) is 4. The van der Waals surface area contributed by atoms with Crippen molar-refractivity contribution >= 4 is 5.91 Å². The molecule has 24 heavy (non-hydrogen) atoms. The predicted octanol–water partition coefficient (Wildman–Crippen LogP) is 1.03. The Bertz CT molecular complexity index is 665. The molecule has 1 aromatic heterocycles. The van der Waals surface area contributed by atoms with Crippen molar-refractivity contribution in [2.45, 2.75) is 13.3 Å². The zero-order chi connectivity index (χ0) is 16.8. The fourth-order valence-corrected chi connectivity index (χ4v) is 2.68. The zero-order valence-electron chi connectivity index (χ0n) is 13.9. The number of amides is 1. The van der Waals surface area contributed by atoms with Crippen LogP contribution in [0.25, 0.3) is 5.69 Å². The van der Waals surface area contributed by atoms with Crippen LogP contribution in [-0.4, -0.2) is 65.2 Å². The number of carbonyl (C=O) groups is 1. The van der Waals surface area contributed by atoms with Crippen LogP contribution in [-0.2, 0) is 4.74 Å². The van der Waals surface area contributed by atoms with Gasteiger partial charge in [0.05, 0.1) is 24.6 Å². The van der Waals surface area contributed by atoms with Gasteiger partial charge < -0.3 is 10.1 Å². The predicted molar refractivity (Wildman–Crippen MR) is 90.3 cm³/mol. The lowest BCUT2D eigenvalue weighted by Gasteiger charge is -2.26. The molecule has 0 atom stereocenters. The summed E-state index contributed by atoms with van der Waals surface area (Å²) in [5.74, 6) is -0.170. The maximum absolute atomic E-state index is 12.3. The van der Waals surface area contributed by atoms with Gasteiger partial charge in [-0.15, -0.1) is 5.10 Å². The molecule has 7 nitrogen and oxygen atoms in total. The molecule has 7 heteroatoms. The number of benzene rings is 1.